The zero-order valence-corrected chi connectivity index (χ0v) is 14.5. The molecule has 0 saturated carbocycles. The van der Waals surface area contributed by atoms with Crippen LogP contribution in [0, 0.1) is 6.92 Å². The first-order chi connectivity index (χ1) is 11.1. The minimum atomic E-state index is 0.172. The largest absolute Gasteiger partial charge is 0.338 e. The fourth-order valence-corrected chi connectivity index (χ4v) is 4.12. The number of likely N-dealkylation sites (tertiary alicyclic amines) is 1. The molecule has 2 aromatic heterocycles. The Balaban J connectivity index is 1.65. The molecule has 1 aliphatic rings. The molecule has 1 amide bonds. The quantitative estimate of drug-likeness (QED) is 0.930. The monoisotopic (exact) mass is 333 g/mol. The number of amides is 1. The Labute approximate surface area is 140 Å². The second-order valence-electron chi connectivity index (χ2n) is 5.96. The molecule has 6 nitrogen and oxygen atoms in total. The minimum Gasteiger partial charge on any atom is -0.338 e. The summed E-state index contributed by atoms with van der Waals surface area (Å²) in [4.78, 5) is 16.0. The summed E-state index contributed by atoms with van der Waals surface area (Å²) in [5, 5.41) is 10.2. The molecule has 0 aliphatic carbocycles. The van der Waals surface area contributed by atoms with Gasteiger partial charge in [0.1, 0.15) is 0 Å². The summed E-state index contributed by atoms with van der Waals surface area (Å²) in [7, 11) is 0. The summed E-state index contributed by atoms with van der Waals surface area (Å²) >= 11 is 1.67. The van der Waals surface area contributed by atoms with Crippen LogP contribution in [0.2, 0.25) is 0 Å². The van der Waals surface area contributed by atoms with Crippen molar-refractivity contribution in [3.05, 3.63) is 33.3 Å². The lowest BCUT2D eigenvalue weighted by molar-refractivity contribution is 0.0688. The molecule has 1 saturated heterocycles. The van der Waals surface area contributed by atoms with Crippen LogP contribution in [0.3, 0.4) is 0 Å². The van der Waals surface area contributed by atoms with Crippen LogP contribution in [0.5, 0.6) is 0 Å². The van der Waals surface area contributed by atoms with Gasteiger partial charge in [-0.25, -0.2) is 4.68 Å². The normalized spacial score (nSPS) is 16.0. The molecule has 1 fully saturated rings. The van der Waals surface area contributed by atoms with Gasteiger partial charge in [0.25, 0.3) is 5.91 Å². The van der Waals surface area contributed by atoms with E-state index in [0.717, 1.165) is 43.6 Å². The van der Waals surface area contributed by atoms with Crippen molar-refractivity contribution in [1.82, 2.24) is 19.9 Å². The second kappa shape index (κ2) is 6.80. The maximum absolute atomic E-state index is 12.8. The van der Waals surface area contributed by atoms with Crippen LogP contribution >= 0.6 is 11.3 Å². The summed E-state index contributed by atoms with van der Waals surface area (Å²) in [6.07, 6.45) is 4.64. The predicted octanol–water partition coefficient (Wildman–Crippen LogP) is 2.15. The Kier molecular flexibility index (Phi) is 4.77. The van der Waals surface area contributed by atoms with Crippen LogP contribution < -0.4 is 5.73 Å². The standard InChI is InChI=1S/C16H23N5OS/c1-3-14-11(2)23-10-15(14)16(22)20-6-4-13(5-7-20)21-9-12(8-17)18-19-21/h9-10,13H,3-8,17H2,1-2H3. The van der Waals surface area contributed by atoms with Crippen molar-refractivity contribution < 1.29 is 4.79 Å². The number of carbonyl (C=O) groups is 1. The van der Waals surface area contributed by atoms with Gasteiger partial charge in [0, 0.05) is 29.9 Å². The molecule has 0 atom stereocenters. The topological polar surface area (TPSA) is 77.0 Å². The number of nitrogens with zero attached hydrogens (tertiary/aromatic N) is 4. The van der Waals surface area contributed by atoms with Crippen molar-refractivity contribution >= 4 is 17.2 Å². The molecular weight excluding hydrogens is 310 g/mol. The van der Waals surface area contributed by atoms with Gasteiger partial charge in [0.05, 0.1) is 23.5 Å². The third-order valence-electron chi connectivity index (χ3n) is 4.58. The van der Waals surface area contributed by atoms with E-state index in [9.17, 15) is 4.79 Å². The van der Waals surface area contributed by atoms with Crippen molar-refractivity contribution in [3.63, 3.8) is 0 Å². The van der Waals surface area contributed by atoms with Gasteiger partial charge in [-0.15, -0.1) is 16.4 Å². The zero-order valence-electron chi connectivity index (χ0n) is 13.7. The highest BCUT2D eigenvalue weighted by atomic mass is 32.1. The maximum atomic E-state index is 12.8. The molecule has 23 heavy (non-hydrogen) atoms. The SMILES string of the molecule is CCc1c(C(=O)N2CCC(n3cc(CN)nn3)CC2)csc1C. The molecule has 124 valence electrons. The second-order valence-corrected chi connectivity index (χ2v) is 7.04. The van der Waals surface area contributed by atoms with Gasteiger partial charge < -0.3 is 10.6 Å². The maximum Gasteiger partial charge on any atom is 0.254 e. The van der Waals surface area contributed by atoms with Crippen LogP contribution in [0.4, 0.5) is 0 Å². The highest BCUT2D eigenvalue weighted by Gasteiger charge is 2.27. The van der Waals surface area contributed by atoms with Crippen molar-refractivity contribution in [3.8, 4) is 0 Å². The summed E-state index contributed by atoms with van der Waals surface area (Å²) in [5.41, 5.74) is 8.48. The van der Waals surface area contributed by atoms with Gasteiger partial charge in [-0.3, -0.25) is 4.79 Å². The molecule has 2 N–H and O–H groups in total. The number of carbonyl (C=O) groups excluding carboxylic acids is 1. The Morgan fingerprint density at radius 3 is 2.78 bits per heavy atom. The summed E-state index contributed by atoms with van der Waals surface area (Å²) in [5.74, 6) is 0.172. The first kappa shape index (κ1) is 16.1. The minimum absolute atomic E-state index is 0.172. The first-order valence-corrected chi connectivity index (χ1v) is 8.99. The number of aromatic nitrogens is 3. The van der Waals surface area contributed by atoms with E-state index in [1.165, 1.54) is 10.4 Å². The smallest absolute Gasteiger partial charge is 0.254 e. The number of aryl methyl sites for hydroxylation is 1. The summed E-state index contributed by atoms with van der Waals surface area (Å²) < 4.78 is 1.90. The highest BCUT2D eigenvalue weighted by Crippen LogP contribution is 2.27. The van der Waals surface area contributed by atoms with Gasteiger partial charge in [-0.2, -0.15) is 0 Å². The first-order valence-electron chi connectivity index (χ1n) is 8.11. The van der Waals surface area contributed by atoms with E-state index < -0.39 is 0 Å². The molecule has 0 aromatic carbocycles. The molecule has 3 heterocycles. The van der Waals surface area contributed by atoms with E-state index in [4.69, 9.17) is 5.73 Å². The van der Waals surface area contributed by atoms with Crippen molar-refractivity contribution in [2.24, 2.45) is 5.73 Å². The van der Waals surface area contributed by atoms with Gasteiger partial charge in [-0.05, 0) is 31.7 Å². The van der Waals surface area contributed by atoms with Crippen molar-refractivity contribution in [1.29, 1.82) is 0 Å². The lowest BCUT2D eigenvalue weighted by Crippen LogP contribution is -2.39. The molecule has 0 bridgehead atoms. The number of thiophene rings is 1. The van der Waals surface area contributed by atoms with E-state index in [1.54, 1.807) is 11.3 Å². The van der Waals surface area contributed by atoms with E-state index in [1.807, 2.05) is 21.2 Å². The fraction of sp³-hybridized carbons (Fsp3) is 0.562. The average molecular weight is 333 g/mol. The summed E-state index contributed by atoms with van der Waals surface area (Å²) in [6, 6.07) is 0.307. The molecule has 7 heteroatoms. The van der Waals surface area contributed by atoms with Gasteiger partial charge in [0.2, 0.25) is 0 Å². The number of hydrogen-bond donors (Lipinski definition) is 1. The Bertz CT molecular complexity index is 684. The van der Waals surface area contributed by atoms with Gasteiger partial charge >= 0.3 is 0 Å². The summed E-state index contributed by atoms with van der Waals surface area (Å²) in [6.45, 7) is 6.14. The molecule has 0 radical (unpaired) electrons. The lowest BCUT2D eigenvalue weighted by atomic mass is 10.0. The lowest BCUT2D eigenvalue weighted by Gasteiger charge is -2.32. The number of piperidine rings is 1. The number of nitrogens with two attached hydrogens (primary N) is 1. The molecule has 0 unspecified atom stereocenters. The average Bonchev–Trinajstić information content (AvgIpc) is 3.20. The molecule has 3 rings (SSSR count). The molecule has 1 aliphatic heterocycles. The predicted molar refractivity (Wildman–Crippen MR) is 90.5 cm³/mol. The molecule has 2 aromatic rings. The third-order valence-corrected chi connectivity index (χ3v) is 5.53. The van der Waals surface area contributed by atoms with Gasteiger partial charge in [0.15, 0.2) is 0 Å². The molecular formula is C16H23N5OS. The Morgan fingerprint density at radius 2 is 2.17 bits per heavy atom. The van der Waals surface area contributed by atoms with Crippen molar-refractivity contribution in [2.45, 2.75) is 45.7 Å². The number of hydrogen-bond acceptors (Lipinski definition) is 5. The van der Waals surface area contributed by atoms with E-state index in [2.05, 4.69) is 24.2 Å². The van der Waals surface area contributed by atoms with E-state index >= 15 is 0 Å². The Hall–Kier alpha value is -1.73. The van der Waals surface area contributed by atoms with Crippen LogP contribution in [-0.4, -0.2) is 38.9 Å². The molecule has 0 spiro atoms. The highest BCUT2D eigenvalue weighted by molar-refractivity contribution is 7.10. The van der Waals surface area contributed by atoms with Crippen LogP contribution in [0.1, 0.15) is 52.3 Å². The Morgan fingerprint density at radius 1 is 1.43 bits per heavy atom. The fourth-order valence-electron chi connectivity index (χ4n) is 3.19. The van der Waals surface area contributed by atoms with Crippen LogP contribution in [0.15, 0.2) is 11.6 Å². The van der Waals surface area contributed by atoms with Crippen LogP contribution in [0.25, 0.3) is 0 Å². The van der Waals surface area contributed by atoms with Crippen LogP contribution in [-0.2, 0) is 13.0 Å². The zero-order chi connectivity index (χ0) is 16.4. The van der Waals surface area contributed by atoms with E-state index in [-0.39, 0.29) is 5.91 Å². The van der Waals surface area contributed by atoms with Crippen molar-refractivity contribution in [2.75, 3.05) is 13.1 Å². The third kappa shape index (κ3) is 3.16. The van der Waals surface area contributed by atoms with E-state index in [0.29, 0.717) is 12.6 Å². The number of rotatable bonds is 4. The van der Waals surface area contributed by atoms with Gasteiger partial charge in [-0.1, -0.05) is 12.1 Å².